The van der Waals surface area contributed by atoms with Crippen molar-refractivity contribution in [3.63, 3.8) is 0 Å². The molecule has 0 bridgehead atoms. The zero-order valence-electron chi connectivity index (χ0n) is 11.0. The van der Waals surface area contributed by atoms with Crippen LogP contribution in [0.1, 0.15) is 17.3 Å². The lowest BCUT2D eigenvalue weighted by Crippen LogP contribution is -2.42. The standard InChI is InChI=1S/C12H12N2O6S/c1-2-20-12(17)13-10(15)7-14-11(16)8-5-3-4-6-9(8)21(14,18)19/h3-6H,2,7H2,1H3,(H,13,15,17). The van der Waals surface area contributed by atoms with Crippen molar-refractivity contribution in [3.05, 3.63) is 29.8 Å². The van der Waals surface area contributed by atoms with Gasteiger partial charge >= 0.3 is 6.09 Å². The molecule has 1 heterocycles. The van der Waals surface area contributed by atoms with E-state index in [2.05, 4.69) is 4.74 Å². The Morgan fingerprint density at radius 1 is 1.29 bits per heavy atom. The van der Waals surface area contributed by atoms with Crippen molar-refractivity contribution in [3.8, 4) is 0 Å². The largest absolute Gasteiger partial charge is 0.450 e. The van der Waals surface area contributed by atoms with Crippen LogP contribution in [0.5, 0.6) is 0 Å². The van der Waals surface area contributed by atoms with Gasteiger partial charge in [0.05, 0.1) is 12.2 Å². The predicted octanol–water partition coefficient (Wildman–Crippen LogP) is 0.104. The van der Waals surface area contributed by atoms with Crippen LogP contribution in [0.3, 0.4) is 0 Å². The third-order valence-electron chi connectivity index (χ3n) is 2.72. The molecular weight excluding hydrogens is 300 g/mol. The van der Waals surface area contributed by atoms with Crippen LogP contribution in [0.2, 0.25) is 0 Å². The highest BCUT2D eigenvalue weighted by Gasteiger charge is 2.41. The topological polar surface area (TPSA) is 110 Å². The van der Waals surface area contributed by atoms with E-state index >= 15 is 0 Å². The van der Waals surface area contributed by atoms with E-state index in [1.807, 2.05) is 5.32 Å². The van der Waals surface area contributed by atoms with Gasteiger partial charge in [-0.3, -0.25) is 14.9 Å². The Morgan fingerprint density at radius 3 is 2.57 bits per heavy atom. The maximum atomic E-state index is 12.2. The SMILES string of the molecule is CCOC(=O)NC(=O)CN1C(=O)c2ccccc2S1(=O)=O. The molecule has 0 fully saturated rings. The van der Waals surface area contributed by atoms with Gasteiger partial charge in [-0.15, -0.1) is 0 Å². The number of fused-ring (bicyclic) bond motifs is 1. The molecule has 1 aliphatic rings. The van der Waals surface area contributed by atoms with Crippen LogP contribution < -0.4 is 5.32 Å². The molecule has 2 rings (SSSR count). The molecule has 0 aromatic heterocycles. The van der Waals surface area contributed by atoms with Gasteiger partial charge in [0.25, 0.3) is 15.9 Å². The number of hydrogen-bond donors (Lipinski definition) is 1. The summed E-state index contributed by atoms with van der Waals surface area (Å²) in [6, 6.07) is 5.64. The van der Waals surface area contributed by atoms with Crippen molar-refractivity contribution in [2.75, 3.05) is 13.2 Å². The second-order valence-electron chi connectivity index (χ2n) is 4.08. The molecule has 0 radical (unpaired) electrons. The third-order valence-corrected chi connectivity index (χ3v) is 4.50. The summed E-state index contributed by atoms with van der Waals surface area (Å²) in [5, 5.41) is 1.83. The smallest absolute Gasteiger partial charge is 0.413 e. The van der Waals surface area contributed by atoms with Crippen molar-refractivity contribution >= 4 is 27.9 Å². The number of ether oxygens (including phenoxy) is 1. The lowest BCUT2D eigenvalue weighted by atomic mass is 10.2. The lowest BCUT2D eigenvalue weighted by molar-refractivity contribution is -0.120. The summed E-state index contributed by atoms with van der Waals surface area (Å²) in [4.78, 5) is 34.5. The van der Waals surface area contributed by atoms with Crippen LogP contribution in [-0.4, -0.2) is 43.8 Å². The van der Waals surface area contributed by atoms with Crippen molar-refractivity contribution in [1.82, 2.24) is 9.62 Å². The quantitative estimate of drug-likeness (QED) is 0.848. The molecule has 3 amide bonds. The molecule has 0 spiro atoms. The number of imide groups is 1. The molecule has 1 aromatic carbocycles. The Bertz CT molecular complexity index is 712. The minimum Gasteiger partial charge on any atom is -0.450 e. The van der Waals surface area contributed by atoms with Gasteiger partial charge in [-0.2, -0.15) is 0 Å². The lowest BCUT2D eigenvalue weighted by Gasteiger charge is -2.14. The molecule has 0 atom stereocenters. The first-order chi connectivity index (χ1) is 9.87. The molecule has 112 valence electrons. The number of nitrogens with zero attached hydrogens (tertiary/aromatic N) is 1. The summed E-state index contributed by atoms with van der Waals surface area (Å²) < 4.78 is 29.2. The number of amides is 3. The molecule has 0 saturated carbocycles. The normalized spacial score (nSPS) is 15.5. The Morgan fingerprint density at radius 2 is 1.95 bits per heavy atom. The molecule has 1 aliphatic heterocycles. The molecule has 1 N–H and O–H groups in total. The van der Waals surface area contributed by atoms with Crippen LogP contribution in [0, 0.1) is 0 Å². The summed E-state index contributed by atoms with van der Waals surface area (Å²) in [5.41, 5.74) is 0.00133. The van der Waals surface area contributed by atoms with Gasteiger partial charge in [0.2, 0.25) is 5.91 Å². The summed E-state index contributed by atoms with van der Waals surface area (Å²) in [6.45, 7) is 0.829. The minimum absolute atomic E-state index is 0.00133. The zero-order valence-corrected chi connectivity index (χ0v) is 11.8. The second kappa shape index (κ2) is 5.52. The Balaban J connectivity index is 2.18. The number of benzene rings is 1. The van der Waals surface area contributed by atoms with Gasteiger partial charge in [0.15, 0.2) is 0 Å². The predicted molar refractivity (Wildman–Crippen MR) is 69.8 cm³/mol. The van der Waals surface area contributed by atoms with Crippen LogP contribution >= 0.6 is 0 Å². The summed E-state index contributed by atoms with van der Waals surface area (Å²) in [7, 11) is -4.07. The highest BCUT2D eigenvalue weighted by atomic mass is 32.2. The van der Waals surface area contributed by atoms with E-state index < -0.39 is 34.5 Å². The van der Waals surface area contributed by atoms with Gasteiger partial charge in [0, 0.05) is 0 Å². The van der Waals surface area contributed by atoms with Crippen molar-refractivity contribution in [2.24, 2.45) is 0 Å². The van der Waals surface area contributed by atoms with Gasteiger partial charge in [0.1, 0.15) is 11.4 Å². The summed E-state index contributed by atoms with van der Waals surface area (Å²) >= 11 is 0. The van der Waals surface area contributed by atoms with Crippen LogP contribution in [0.15, 0.2) is 29.2 Å². The number of carbonyl (C=O) groups excluding carboxylic acids is 3. The number of rotatable bonds is 3. The van der Waals surface area contributed by atoms with Gasteiger partial charge in [-0.05, 0) is 19.1 Å². The fourth-order valence-corrected chi connectivity index (χ4v) is 3.36. The Labute approximate surface area is 120 Å². The minimum atomic E-state index is -4.07. The summed E-state index contributed by atoms with van der Waals surface area (Å²) in [6.07, 6.45) is -0.996. The molecule has 8 nitrogen and oxygen atoms in total. The number of alkyl carbamates (subject to hydrolysis) is 1. The molecule has 0 saturated heterocycles. The number of hydrogen-bond acceptors (Lipinski definition) is 6. The average Bonchev–Trinajstić information content (AvgIpc) is 2.61. The fourth-order valence-electron chi connectivity index (χ4n) is 1.84. The van der Waals surface area contributed by atoms with E-state index in [4.69, 9.17) is 0 Å². The van der Waals surface area contributed by atoms with Crippen molar-refractivity contribution < 1.29 is 27.5 Å². The van der Waals surface area contributed by atoms with Crippen molar-refractivity contribution in [2.45, 2.75) is 11.8 Å². The van der Waals surface area contributed by atoms with E-state index in [0.29, 0.717) is 4.31 Å². The van der Waals surface area contributed by atoms with E-state index in [1.165, 1.54) is 24.3 Å². The molecule has 21 heavy (non-hydrogen) atoms. The maximum Gasteiger partial charge on any atom is 0.413 e. The highest BCUT2D eigenvalue weighted by molar-refractivity contribution is 7.90. The highest BCUT2D eigenvalue weighted by Crippen LogP contribution is 2.29. The second-order valence-corrected chi connectivity index (χ2v) is 5.91. The molecule has 9 heteroatoms. The van der Waals surface area contributed by atoms with Gasteiger partial charge in [-0.1, -0.05) is 12.1 Å². The van der Waals surface area contributed by atoms with Crippen LogP contribution in [0.4, 0.5) is 4.79 Å². The van der Waals surface area contributed by atoms with Crippen molar-refractivity contribution in [1.29, 1.82) is 0 Å². The third kappa shape index (κ3) is 2.72. The number of sulfonamides is 1. The monoisotopic (exact) mass is 312 g/mol. The van der Waals surface area contributed by atoms with Crippen LogP contribution in [-0.2, 0) is 19.6 Å². The zero-order chi connectivity index (χ0) is 15.6. The molecule has 0 aliphatic carbocycles. The van der Waals surface area contributed by atoms with E-state index in [0.717, 1.165) is 0 Å². The first-order valence-corrected chi connectivity index (χ1v) is 7.44. The summed E-state index contributed by atoms with van der Waals surface area (Å²) in [5.74, 6) is -1.75. The van der Waals surface area contributed by atoms with E-state index in [1.54, 1.807) is 6.92 Å². The number of nitrogens with one attached hydrogen (secondary N) is 1. The van der Waals surface area contributed by atoms with E-state index in [9.17, 15) is 22.8 Å². The first-order valence-electron chi connectivity index (χ1n) is 6.00. The fraction of sp³-hybridized carbons (Fsp3) is 0.250. The maximum absolute atomic E-state index is 12.2. The Kier molecular flexibility index (Phi) is 3.94. The Hall–Kier alpha value is -2.42. The average molecular weight is 312 g/mol. The van der Waals surface area contributed by atoms with E-state index in [-0.39, 0.29) is 17.1 Å². The molecule has 1 aromatic rings. The van der Waals surface area contributed by atoms with Gasteiger partial charge in [-0.25, -0.2) is 17.5 Å². The molecular formula is C12H12N2O6S. The molecule has 0 unspecified atom stereocenters. The first kappa shape index (κ1) is 15.0. The van der Waals surface area contributed by atoms with Crippen LogP contribution in [0.25, 0.3) is 0 Å². The number of carbonyl (C=O) groups is 3. The van der Waals surface area contributed by atoms with Gasteiger partial charge < -0.3 is 4.74 Å².